The van der Waals surface area contributed by atoms with E-state index in [-0.39, 0.29) is 0 Å². The van der Waals surface area contributed by atoms with Gasteiger partial charge in [0.25, 0.3) is 0 Å². The van der Waals surface area contributed by atoms with E-state index in [4.69, 9.17) is 16.3 Å². The largest absolute Gasteiger partial charge is 0.383 e. The molecule has 0 radical (unpaired) electrons. The van der Waals surface area contributed by atoms with Crippen LogP contribution in [-0.2, 0) is 11.2 Å². The lowest BCUT2D eigenvalue weighted by Gasteiger charge is -2.34. The molecule has 3 heteroatoms. The van der Waals surface area contributed by atoms with Gasteiger partial charge in [0.15, 0.2) is 0 Å². The summed E-state index contributed by atoms with van der Waals surface area (Å²) >= 11 is 6.28. The number of rotatable bonds is 8. The van der Waals surface area contributed by atoms with Gasteiger partial charge in [0.05, 0.1) is 6.61 Å². The van der Waals surface area contributed by atoms with Crippen LogP contribution in [0.1, 0.15) is 24.8 Å². The molecule has 0 aliphatic heterocycles. The highest BCUT2D eigenvalue weighted by atomic mass is 35.5. The van der Waals surface area contributed by atoms with Crippen molar-refractivity contribution >= 4 is 11.6 Å². The van der Waals surface area contributed by atoms with Crippen LogP contribution in [0, 0.1) is 11.8 Å². The van der Waals surface area contributed by atoms with Gasteiger partial charge in [0.1, 0.15) is 0 Å². The maximum atomic E-state index is 6.28. The summed E-state index contributed by atoms with van der Waals surface area (Å²) in [5, 5.41) is 4.41. The Morgan fingerprint density at radius 1 is 1.37 bits per heavy atom. The molecule has 1 aromatic rings. The molecule has 0 heterocycles. The number of hydrogen-bond donors (Lipinski definition) is 1. The number of halogens is 1. The van der Waals surface area contributed by atoms with Gasteiger partial charge in [-0.15, -0.1) is 0 Å². The van der Waals surface area contributed by atoms with Gasteiger partial charge in [-0.3, -0.25) is 0 Å². The Hall–Kier alpha value is -0.570. The summed E-state index contributed by atoms with van der Waals surface area (Å²) in [6, 6.07) is 8.23. The smallest absolute Gasteiger partial charge is 0.0587 e. The second-order valence-electron chi connectivity index (χ2n) is 5.44. The van der Waals surface area contributed by atoms with Crippen molar-refractivity contribution in [1.29, 1.82) is 0 Å². The predicted octanol–water partition coefficient (Wildman–Crippen LogP) is 3.53. The van der Waals surface area contributed by atoms with E-state index in [0.717, 1.165) is 37.1 Å². The number of ether oxygens (including phenoxy) is 1. The SMILES string of the molecule is COCCNCC(Cc1ccccc1Cl)C1CCC1. The van der Waals surface area contributed by atoms with Crippen molar-refractivity contribution in [1.82, 2.24) is 5.32 Å². The second kappa shape index (κ2) is 7.88. The van der Waals surface area contributed by atoms with E-state index in [1.165, 1.54) is 24.8 Å². The van der Waals surface area contributed by atoms with E-state index in [1.807, 2.05) is 12.1 Å². The number of nitrogens with one attached hydrogen (secondary N) is 1. The molecule has 2 rings (SSSR count). The number of hydrogen-bond acceptors (Lipinski definition) is 2. The maximum Gasteiger partial charge on any atom is 0.0587 e. The molecule has 19 heavy (non-hydrogen) atoms. The summed E-state index contributed by atoms with van der Waals surface area (Å²) in [6.07, 6.45) is 5.23. The topological polar surface area (TPSA) is 21.3 Å². The fourth-order valence-electron chi connectivity index (χ4n) is 2.72. The zero-order chi connectivity index (χ0) is 13.5. The first kappa shape index (κ1) is 14.8. The molecule has 1 aromatic carbocycles. The highest BCUT2D eigenvalue weighted by Gasteiger charge is 2.27. The van der Waals surface area contributed by atoms with Gasteiger partial charge in [-0.05, 0) is 36.4 Å². The first-order valence-electron chi connectivity index (χ1n) is 7.24. The Morgan fingerprint density at radius 3 is 2.79 bits per heavy atom. The molecule has 0 bridgehead atoms. The second-order valence-corrected chi connectivity index (χ2v) is 5.85. The lowest BCUT2D eigenvalue weighted by atomic mass is 9.73. The quantitative estimate of drug-likeness (QED) is 0.736. The predicted molar refractivity (Wildman–Crippen MR) is 80.7 cm³/mol. The fourth-order valence-corrected chi connectivity index (χ4v) is 2.94. The van der Waals surface area contributed by atoms with E-state index in [2.05, 4.69) is 17.4 Å². The number of methoxy groups -OCH3 is 1. The molecule has 1 atom stereocenters. The van der Waals surface area contributed by atoms with Gasteiger partial charge in [-0.25, -0.2) is 0 Å². The molecular formula is C16H24ClNO. The summed E-state index contributed by atoms with van der Waals surface area (Å²) in [7, 11) is 1.74. The van der Waals surface area contributed by atoms with Crippen molar-refractivity contribution in [2.75, 3.05) is 26.8 Å². The highest BCUT2D eigenvalue weighted by Crippen LogP contribution is 2.35. The molecule has 0 amide bonds. The van der Waals surface area contributed by atoms with Gasteiger partial charge in [-0.2, -0.15) is 0 Å². The van der Waals surface area contributed by atoms with Gasteiger partial charge in [0, 0.05) is 18.7 Å². The normalized spacial score (nSPS) is 17.2. The van der Waals surface area contributed by atoms with Crippen LogP contribution in [-0.4, -0.2) is 26.8 Å². The summed E-state index contributed by atoms with van der Waals surface area (Å²) < 4.78 is 5.08. The Morgan fingerprint density at radius 2 is 2.16 bits per heavy atom. The van der Waals surface area contributed by atoms with Gasteiger partial charge < -0.3 is 10.1 Å². The van der Waals surface area contributed by atoms with Crippen LogP contribution in [0.4, 0.5) is 0 Å². The zero-order valence-electron chi connectivity index (χ0n) is 11.7. The molecule has 1 N–H and O–H groups in total. The summed E-state index contributed by atoms with van der Waals surface area (Å²) in [6.45, 7) is 2.78. The van der Waals surface area contributed by atoms with E-state index in [1.54, 1.807) is 7.11 Å². The standard InChI is InChI=1S/C16H24ClNO/c1-19-10-9-18-12-15(13-6-4-7-13)11-14-5-2-3-8-16(14)17/h2-3,5,8,13,15,18H,4,6-7,9-12H2,1H3. The third-order valence-corrected chi connectivity index (χ3v) is 4.51. The lowest BCUT2D eigenvalue weighted by molar-refractivity contribution is 0.178. The van der Waals surface area contributed by atoms with Crippen LogP contribution in [0.25, 0.3) is 0 Å². The monoisotopic (exact) mass is 281 g/mol. The molecule has 0 saturated heterocycles. The van der Waals surface area contributed by atoms with Crippen LogP contribution in [0.3, 0.4) is 0 Å². The molecule has 2 nitrogen and oxygen atoms in total. The third kappa shape index (κ3) is 4.48. The average molecular weight is 282 g/mol. The molecule has 1 saturated carbocycles. The Labute approximate surface area is 121 Å². The van der Waals surface area contributed by atoms with Gasteiger partial charge in [-0.1, -0.05) is 49.1 Å². The lowest BCUT2D eigenvalue weighted by Crippen LogP contribution is -2.34. The molecule has 1 fully saturated rings. The van der Waals surface area contributed by atoms with Crippen LogP contribution in [0.5, 0.6) is 0 Å². The molecule has 1 aliphatic carbocycles. The minimum atomic E-state index is 0.700. The van der Waals surface area contributed by atoms with Gasteiger partial charge >= 0.3 is 0 Å². The Balaban J connectivity index is 1.88. The summed E-state index contributed by atoms with van der Waals surface area (Å²) in [5.41, 5.74) is 1.29. The fraction of sp³-hybridized carbons (Fsp3) is 0.625. The first-order chi connectivity index (χ1) is 9.31. The third-order valence-electron chi connectivity index (χ3n) is 4.15. The van der Waals surface area contributed by atoms with Gasteiger partial charge in [0.2, 0.25) is 0 Å². The highest BCUT2D eigenvalue weighted by molar-refractivity contribution is 6.31. The summed E-state index contributed by atoms with van der Waals surface area (Å²) in [5.74, 6) is 1.57. The van der Waals surface area contributed by atoms with Crippen LogP contribution >= 0.6 is 11.6 Å². The van der Waals surface area contributed by atoms with E-state index in [9.17, 15) is 0 Å². The number of benzene rings is 1. The molecular weight excluding hydrogens is 258 g/mol. The molecule has 0 aromatic heterocycles. The molecule has 0 spiro atoms. The van der Waals surface area contributed by atoms with Crippen molar-refractivity contribution < 1.29 is 4.74 Å². The van der Waals surface area contributed by atoms with Crippen LogP contribution in [0.2, 0.25) is 5.02 Å². The van der Waals surface area contributed by atoms with Crippen LogP contribution in [0.15, 0.2) is 24.3 Å². The zero-order valence-corrected chi connectivity index (χ0v) is 12.5. The van der Waals surface area contributed by atoms with Crippen LogP contribution < -0.4 is 5.32 Å². The molecule has 1 unspecified atom stereocenters. The minimum Gasteiger partial charge on any atom is -0.383 e. The van der Waals surface area contributed by atoms with E-state index < -0.39 is 0 Å². The van der Waals surface area contributed by atoms with Crippen molar-refractivity contribution in [3.8, 4) is 0 Å². The molecule has 1 aliphatic rings. The first-order valence-corrected chi connectivity index (χ1v) is 7.62. The molecule has 106 valence electrons. The van der Waals surface area contributed by atoms with Crippen molar-refractivity contribution in [2.45, 2.75) is 25.7 Å². The van der Waals surface area contributed by atoms with Crippen molar-refractivity contribution in [2.24, 2.45) is 11.8 Å². The van der Waals surface area contributed by atoms with E-state index >= 15 is 0 Å². The van der Waals surface area contributed by atoms with Crippen molar-refractivity contribution in [3.05, 3.63) is 34.9 Å². The van der Waals surface area contributed by atoms with E-state index in [0.29, 0.717) is 5.92 Å². The summed E-state index contributed by atoms with van der Waals surface area (Å²) in [4.78, 5) is 0. The Bertz CT molecular complexity index is 379. The average Bonchev–Trinajstić information content (AvgIpc) is 2.35. The Kier molecular flexibility index (Phi) is 6.15. The van der Waals surface area contributed by atoms with Crippen molar-refractivity contribution in [3.63, 3.8) is 0 Å². The maximum absolute atomic E-state index is 6.28. The minimum absolute atomic E-state index is 0.700.